The van der Waals surface area contributed by atoms with E-state index in [0.29, 0.717) is 11.1 Å². The Morgan fingerprint density at radius 3 is 2.93 bits per heavy atom. The second-order valence-corrected chi connectivity index (χ2v) is 2.81. The van der Waals surface area contributed by atoms with Gasteiger partial charge in [0, 0.05) is 6.07 Å². The minimum absolute atomic E-state index is 0.199. The molecule has 2 N–H and O–H groups in total. The van der Waals surface area contributed by atoms with Gasteiger partial charge in [0.1, 0.15) is 6.07 Å². The number of fused-ring (bicyclic) bond motifs is 1. The molecule has 15 heavy (non-hydrogen) atoms. The number of nitriles is 1. The van der Waals surface area contributed by atoms with Crippen LogP contribution in [-0.4, -0.2) is 27.0 Å². The number of hydrogen-bond acceptors (Lipinski definition) is 5. The fourth-order valence-corrected chi connectivity index (χ4v) is 1.23. The van der Waals surface area contributed by atoms with Gasteiger partial charge in [0.15, 0.2) is 0 Å². The highest BCUT2D eigenvalue weighted by molar-refractivity contribution is 6.33. The normalized spacial score (nSPS) is 9.93. The van der Waals surface area contributed by atoms with Gasteiger partial charge in [-0.3, -0.25) is 0 Å². The quantitative estimate of drug-likeness (QED) is 0.645. The van der Waals surface area contributed by atoms with E-state index in [2.05, 4.69) is 9.75 Å². The largest absolute Gasteiger partial charge is 0.708 e. The summed E-state index contributed by atoms with van der Waals surface area (Å²) in [6, 6.07) is 6.76. The predicted octanol–water partition coefficient (Wildman–Crippen LogP) is -0.446. The molecule has 0 saturated carbocycles. The summed E-state index contributed by atoms with van der Waals surface area (Å²) in [5, 5.41) is 29.8. The van der Waals surface area contributed by atoms with Crippen molar-refractivity contribution in [3.63, 3.8) is 0 Å². The molecule has 7 heteroatoms. The monoisotopic (exact) mass is 203 g/mol. The van der Waals surface area contributed by atoms with Gasteiger partial charge in [0.05, 0.1) is 17.3 Å². The first-order valence-corrected chi connectivity index (χ1v) is 4.11. The summed E-state index contributed by atoms with van der Waals surface area (Å²) in [6.45, 7) is 0. The maximum absolute atomic E-state index is 8.64. The highest BCUT2D eigenvalue weighted by Gasteiger charge is 2.14. The Morgan fingerprint density at radius 2 is 2.27 bits per heavy atom. The molecule has 2 aromatic rings. The highest BCUT2D eigenvalue weighted by Crippen LogP contribution is 2.16. The minimum Gasteiger partial charge on any atom is -0.498 e. The molecule has 2 aromatic heterocycles. The zero-order chi connectivity index (χ0) is 10.8. The second kappa shape index (κ2) is 3.61. The molecular formula is C8H6BN3O3. The molecular weight excluding hydrogens is 197 g/mol. The van der Waals surface area contributed by atoms with Crippen LogP contribution in [0.2, 0.25) is 0 Å². The second-order valence-electron chi connectivity index (χ2n) is 2.81. The van der Waals surface area contributed by atoms with Gasteiger partial charge in [-0.25, -0.2) is 4.52 Å². The zero-order valence-electron chi connectivity index (χ0n) is 7.53. The Bertz CT molecular complexity index is 531. The van der Waals surface area contributed by atoms with Gasteiger partial charge in [-0.15, -0.1) is 0 Å². The molecule has 2 rings (SSSR count). The Kier molecular flexibility index (Phi) is 2.29. The zero-order valence-corrected chi connectivity index (χ0v) is 7.53. The predicted molar refractivity (Wildman–Crippen MR) is 50.7 cm³/mol. The molecule has 0 aliphatic heterocycles. The van der Waals surface area contributed by atoms with Crippen LogP contribution in [0.4, 0.5) is 0 Å². The van der Waals surface area contributed by atoms with E-state index in [1.54, 1.807) is 12.1 Å². The molecule has 0 saturated heterocycles. The van der Waals surface area contributed by atoms with Crippen molar-refractivity contribution in [2.45, 2.75) is 0 Å². The summed E-state index contributed by atoms with van der Waals surface area (Å²) >= 11 is 0. The van der Waals surface area contributed by atoms with E-state index in [0.717, 1.165) is 0 Å². The Hall–Kier alpha value is -2.04. The lowest BCUT2D eigenvalue weighted by Gasteiger charge is -2.03. The first kappa shape index (κ1) is 9.52. The molecule has 0 unspecified atom stereocenters. The Morgan fingerprint density at radius 1 is 1.47 bits per heavy atom. The molecule has 0 radical (unpaired) electrons. The fraction of sp³-hybridized carbons (Fsp3) is 0. The SMILES string of the molecule is N#Cc1cnn2c(OB(O)O)ccc2c1. The van der Waals surface area contributed by atoms with Gasteiger partial charge >= 0.3 is 7.32 Å². The summed E-state index contributed by atoms with van der Waals surface area (Å²) < 4.78 is 6.03. The van der Waals surface area contributed by atoms with Crippen molar-refractivity contribution in [2.75, 3.05) is 0 Å². The first-order valence-electron chi connectivity index (χ1n) is 4.11. The molecule has 0 aliphatic carbocycles. The van der Waals surface area contributed by atoms with Crippen molar-refractivity contribution in [2.24, 2.45) is 0 Å². The van der Waals surface area contributed by atoms with Crippen molar-refractivity contribution in [3.8, 4) is 11.9 Å². The molecule has 2 heterocycles. The molecule has 6 nitrogen and oxygen atoms in total. The lowest BCUT2D eigenvalue weighted by Crippen LogP contribution is -2.21. The van der Waals surface area contributed by atoms with Crippen LogP contribution in [0.25, 0.3) is 5.52 Å². The van der Waals surface area contributed by atoms with Crippen LogP contribution < -0.4 is 4.65 Å². The van der Waals surface area contributed by atoms with Crippen LogP contribution in [0.3, 0.4) is 0 Å². The number of aromatic nitrogens is 2. The molecule has 0 amide bonds. The van der Waals surface area contributed by atoms with Gasteiger partial charge < -0.3 is 14.7 Å². The molecule has 0 spiro atoms. The number of rotatable bonds is 2. The van der Waals surface area contributed by atoms with E-state index in [-0.39, 0.29) is 5.88 Å². The average molecular weight is 203 g/mol. The molecule has 0 atom stereocenters. The standard InChI is InChI=1S/C8H6BN3O3/c10-4-6-3-7-1-2-8(15-9(13)14)12(7)11-5-6/h1-3,5,13-14H. The molecule has 74 valence electrons. The van der Waals surface area contributed by atoms with E-state index in [1.807, 2.05) is 6.07 Å². The van der Waals surface area contributed by atoms with Crippen molar-refractivity contribution in [1.82, 2.24) is 9.61 Å². The van der Waals surface area contributed by atoms with Gasteiger partial charge in [-0.05, 0) is 12.1 Å². The van der Waals surface area contributed by atoms with Gasteiger partial charge in [0.2, 0.25) is 5.88 Å². The molecule has 0 fully saturated rings. The van der Waals surface area contributed by atoms with Crippen LogP contribution in [0.1, 0.15) is 5.56 Å². The van der Waals surface area contributed by atoms with Gasteiger partial charge in [0.25, 0.3) is 0 Å². The fourth-order valence-electron chi connectivity index (χ4n) is 1.23. The van der Waals surface area contributed by atoms with E-state index in [4.69, 9.17) is 15.3 Å². The van der Waals surface area contributed by atoms with E-state index >= 15 is 0 Å². The molecule has 0 bridgehead atoms. The van der Waals surface area contributed by atoms with Crippen LogP contribution in [-0.2, 0) is 0 Å². The highest BCUT2D eigenvalue weighted by atomic mass is 16.6. The summed E-state index contributed by atoms with van der Waals surface area (Å²) in [4.78, 5) is 0. The average Bonchev–Trinajstić information content (AvgIpc) is 2.60. The summed E-state index contributed by atoms with van der Waals surface area (Å²) in [5.74, 6) is 0.199. The van der Waals surface area contributed by atoms with Crippen LogP contribution in [0.15, 0.2) is 24.4 Å². The third-order valence-corrected chi connectivity index (χ3v) is 1.82. The maximum atomic E-state index is 8.64. The Balaban J connectivity index is 2.48. The van der Waals surface area contributed by atoms with Crippen LogP contribution in [0.5, 0.6) is 5.88 Å². The van der Waals surface area contributed by atoms with Crippen LogP contribution >= 0.6 is 0 Å². The molecule has 0 aliphatic rings. The smallest absolute Gasteiger partial charge is 0.498 e. The van der Waals surface area contributed by atoms with Gasteiger partial charge in [-0.1, -0.05) is 0 Å². The summed E-state index contributed by atoms with van der Waals surface area (Å²) in [6.07, 6.45) is 1.36. The lowest BCUT2D eigenvalue weighted by molar-refractivity contribution is 0.280. The van der Waals surface area contributed by atoms with Crippen molar-refractivity contribution < 1.29 is 14.7 Å². The maximum Gasteiger partial charge on any atom is 0.708 e. The summed E-state index contributed by atoms with van der Waals surface area (Å²) in [7, 11) is -1.89. The lowest BCUT2D eigenvalue weighted by atomic mass is 10.3. The van der Waals surface area contributed by atoms with Crippen molar-refractivity contribution >= 4 is 12.8 Å². The Labute approximate surface area is 85.1 Å². The summed E-state index contributed by atoms with van der Waals surface area (Å²) in [5.41, 5.74) is 1.07. The van der Waals surface area contributed by atoms with E-state index in [1.165, 1.54) is 16.8 Å². The van der Waals surface area contributed by atoms with Gasteiger partial charge in [-0.2, -0.15) is 10.4 Å². The molecule has 0 aromatic carbocycles. The third-order valence-electron chi connectivity index (χ3n) is 1.82. The van der Waals surface area contributed by atoms with E-state index < -0.39 is 7.32 Å². The minimum atomic E-state index is -1.89. The van der Waals surface area contributed by atoms with Crippen molar-refractivity contribution in [3.05, 3.63) is 30.0 Å². The number of hydrogen-bond donors (Lipinski definition) is 2. The topological polar surface area (TPSA) is 90.8 Å². The van der Waals surface area contributed by atoms with Crippen molar-refractivity contribution in [1.29, 1.82) is 5.26 Å². The van der Waals surface area contributed by atoms with E-state index in [9.17, 15) is 0 Å². The van der Waals surface area contributed by atoms with Crippen LogP contribution in [0, 0.1) is 11.3 Å². The first-order chi connectivity index (χ1) is 7.20. The third kappa shape index (κ3) is 1.76. The number of nitrogens with zero attached hydrogens (tertiary/aromatic N) is 3.